The second kappa shape index (κ2) is 7.34. The van der Waals surface area contributed by atoms with Crippen LogP contribution in [0.5, 0.6) is 0 Å². The van der Waals surface area contributed by atoms with E-state index in [0.717, 1.165) is 50.3 Å². The minimum atomic E-state index is 0.216. The van der Waals surface area contributed by atoms with Gasteiger partial charge in [0.05, 0.1) is 30.7 Å². The Morgan fingerprint density at radius 3 is 2.59 bits per heavy atom. The maximum atomic E-state index is 12.4. The number of hydrogen-bond acceptors (Lipinski definition) is 7. The predicted octanol–water partition coefficient (Wildman–Crippen LogP) is 1.88. The second-order valence-corrected chi connectivity index (χ2v) is 7.91. The molecule has 2 fully saturated rings. The first-order valence-corrected chi connectivity index (χ1v) is 9.58. The Kier molecular flexibility index (Phi) is 4.90. The Hall–Kier alpha value is -2.35. The second-order valence-electron chi connectivity index (χ2n) is 7.91. The molecule has 1 amide bonds. The van der Waals surface area contributed by atoms with Gasteiger partial charge in [0.25, 0.3) is 0 Å². The normalized spacial score (nSPS) is 20.4. The molecule has 2 aliphatic rings. The molecule has 4 heterocycles. The largest absolute Gasteiger partial charge is 0.338 e. The monoisotopic (exact) mass is 370 g/mol. The number of piperidine rings is 2. The fourth-order valence-electron chi connectivity index (χ4n) is 4.13. The molecule has 8 heteroatoms. The third-order valence-electron chi connectivity index (χ3n) is 5.78. The molecule has 0 unspecified atom stereocenters. The molecule has 2 saturated heterocycles. The van der Waals surface area contributed by atoms with Crippen molar-refractivity contribution in [1.82, 2.24) is 29.9 Å². The maximum Gasteiger partial charge on any atom is 0.240 e. The zero-order valence-electron chi connectivity index (χ0n) is 16.0. The molecule has 2 aliphatic heterocycles. The van der Waals surface area contributed by atoms with Crippen LogP contribution in [0.15, 0.2) is 16.9 Å². The molecular formula is C19H26N6O2. The summed E-state index contributed by atoms with van der Waals surface area (Å²) in [5.41, 5.74) is 1.96. The fourth-order valence-corrected chi connectivity index (χ4v) is 4.13. The Morgan fingerprint density at radius 1 is 1.11 bits per heavy atom. The van der Waals surface area contributed by atoms with E-state index in [4.69, 9.17) is 4.52 Å². The lowest BCUT2D eigenvalue weighted by molar-refractivity contribution is -0.140. The van der Waals surface area contributed by atoms with Gasteiger partial charge in [0.1, 0.15) is 0 Å². The highest BCUT2D eigenvalue weighted by atomic mass is 16.5. The third kappa shape index (κ3) is 4.16. The number of amides is 1. The van der Waals surface area contributed by atoms with Gasteiger partial charge in [0.2, 0.25) is 11.8 Å². The lowest BCUT2D eigenvalue weighted by Crippen LogP contribution is -2.51. The first kappa shape index (κ1) is 18.0. The van der Waals surface area contributed by atoms with Gasteiger partial charge in [-0.15, -0.1) is 0 Å². The number of nitrogens with zero attached hydrogens (tertiary/aromatic N) is 6. The molecule has 0 radical (unpaired) electrons. The molecule has 0 bridgehead atoms. The molecule has 2 aromatic heterocycles. The summed E-state index contributed by atoms with van der Waals surface area (Å²) in [6.07, 6.45) is 7.32. The van der Waals surface area contributed by atoms with Crippen LogP contribution in [-0.2, 0) is 17.9 Å². The summed E-state index contributed by atoms with van der Waals surface area (Å²) in [5.74, 6) is 1.59. The van der Waals surface area contributed by atoms with Crippen molar-refractivity contribution in [1.29, 1.82) is 0 Å². The van der Waals surface area contributed by atoms with Crippen molar-refractivity contribution in [3.05, 3.63) is 35.5 Å². The Morgan fingerprint density at radius 2 is 1.93 bits per heavy atom. The summed E-state index contributed by atoms with van der Waals surface area (Å²) in [7, 11) is 0. The average molecular weight is 370 g/mol. The van der Waals surface area contributed by atoms with E-state index in [9.17, 15) is 4.79 Å². The van der Waals surface area contributed by atoms with Gasteiger partial charge in [-0.05, 0) is 51.6 Å². The van der Waals surface area contributed by atoms with E-state index in [0.29, 0.717) is 31.2 Å². The lowest BCUT2D eigenvalue weighted by Gasteiger charge is -2.47. The third-order valence-corrected chi connectivity index (χ3v) is 5.78. The Bertz CT molecular complexity index is 795. The predicted molar refractivity (Wildman–Crippen MR) is 97.4 cm³/mol. The van der Waals surface area contributed by atoms with Gasteiger partial charge in [0.15, 0.2) is 5.82 Å². The first-order chi connectivity index (χ1) is 13.0. The van der Waals surface area contributed by atoms with Gasteiger partial charge in [0, 0.05) is 19.2 Å². The SMILES string of the molecule is Cc1cnc(CN2CC3(CCC2=O)CCN(Cc2nc(C)no2)CC3)cn1. The van der Waals surface area contributed by atoms with Gasteiger partial charge >= 0.3 is 0 Å². The smallest absolute Gasteiger partial charge is 0.240 e. The molecule has 1 spiro atoms. The van der Waals surface area contributed by atoms with E-state index in [1.807, 2.05) is 18.7 Å². The minimum absolute atomic E-state index is 0.216. The zero-order chi connectivity index (χ0) is 18.9. The highest BCUT2D eigenvalue weighted by Crippen LogP contribution is 2.40. The highest BCUT2D eigenvalue weighted by Gasteiger charge is 2.41. The van der Waals surface area contributed by atoms with E-state index in [2.05, 4.69) is 25.0 Å². The van der Waals surface area contributed by atoms with E-state index >= 15 is 0 Å². The van der Waals surface area contributed by atoms with Crippen LogP contribution in [0.3, 0.4) is 0 Å². The van der Waals surface area contributed by atoms with Crippen LogP contribution in [0.25, 0.3) is 0 Å². The fraction of sp³-hybridized carbons (Fsp3) is 0.632. The van der Waals surface area contributed by atoms with Crippen LogP contribution in [0.4, 0.5) is 0 Å². The van der Waals surface area contributed by atoms with Crippen molar-refractivity contribution in [3.8, 4) is 0 Å². The highest BCUT2D eigenvalue weighted by molar-refractivity contribution is 5.77. The van der Waals surface area contributed by atoms with Gasteiger partial charge in [-0.2, -0.15) is 4.98 Å². The maximum absolute atomic E-state index is 12.4. The van der Waals surface area contributed by atoms with Gasteiger partial charge in [-0.3, -0.25) is 19.7 Å². The number of hydrogen-bond donors (Lipinski definition) is 0. The van der Waals surface area contributed by atoms with Crippen molar-refractivity contribution < 1.29 is 9.32 Å². The van der Waals surface area contributed by atoms with Crippen molar-refractivity contribution in [3.63, 3.8) is 0 Å². The van der Waals surface area contributed by atoms with Crippen molar-refractivity contribution >= 4 is 5.91 Å². The summed E-state index contributed by atoms with van der Waals surface area (Å²) >= 11 is 0. The molecule has 0 aliphatic carbocycles. The minimum Gasteiger partial charge on any atom is -0.338 e. The zero-order valence-corrected chi connectivity index (χ0v) is 16.0. The molecule has 2 aromatic rings. The summed E-state index contributed by atoms with van der Waals surface area (Å²) in [5, 5.41) is 3.86. The van der Waals surface area contributed by atoms with Crippen LogP contribution in [0.1, 0.15) is 48.8 Å². The summed E-state index contributed by atoms with van der Waals surface area (Å²) in [4.78, 5) is 29.8. The lowest BCUT2D eigenvalue weighted by atomic mass is 9.72. The molecule has 0 aromatic carbocycles. The summed E-state index contributed by atoms with van der Waals surface area (Å²) in [6, 6.07) is 0. The van der Waals surface area contributed by atoms with Gasteiger partial charge in [-0.1, -0.05) is 5.16 Å². The van der Waals surface area contributed by atoms with Gasteiger partial charge in [-0.25, -0.2) is 0 Å². The topological polar surface area (TPSA) is 88.3 Å². The van der Waals surface area contributed by atoms with Gasteiger partial charge < -0.3 is 9.42 Å². The van der Waals surface area contributed by atoms with Crippen LogP contribution in [-0.4, -0.2) is 55.4 Å². The van der Waals surface area contributed by atoms with E-state index in [1.165, 1.54) is 0 Å². The number of carbonyl (C=O) groups excluding carboxylic acids is 1. The molecule has 8 nitrogen and oxygen atoms in total. The van der Waals surface area contributed by atoms with Crippen LogP contribution >= 0.6 is 0 Å². The van der Waals surface area contributed by atoms with E-state index in [-0.39, 0.29) is 11.3 Å². The number of aromatic nitrogens is 4. The number of aryl methyl sites for hydroxylation is 2. The molecule has 144 valence electrons. The molecular weight excluding hydrogens is 344 g/mol. The molecule has 0 N–H and O–H groups in total. The van der Waals surface area contributed by atoms with E-state index < -0.39 is 0 Å². The van der Waals surface area contributed by atoms with Crippen LogP contribution in [0.2, 0.25) is 0 Å². The molecule has 0 saturated carbocycles. The summed E-state index contributed by atoms with van der Waals surface area (Å²) in [6.45, 7) is 7.82. The quantitative estimate of drug-likeness (QED) is 0.812. The number of rotatable bonds is 4. The summed E-state index contributed by atoms with van der Waals surface area (Å²) < 4.78 is 5.24. The molecule has 0 atom stereocenters. The Balaban J connectivity index is 1.36. The van der Waals surface area contributed by atoms with Crippen molar-refractivity contribution in [2.45, 2.75) is 52.6 Å². The first-order valence-electron chi connectivity index (χ1n) is 9.58. The van der Waals surface area contributed by atoms with Crippen LogP contribution < -0.4 is 0 Å². The van der Waals surface area contributed by atoms with E-state index in [1.54, 1.807) is 12.4 Å². The van der Waals surface area contributed by atoms with Crippen LogP contribution in [0, 0.1) is 19.3 Å². The van der Waals surface area contributed by atoms with Crippen molar-refractivity contribution in [2.24, 2.45) is 5.41 Å². The number of carbonyl (C=O) groups is 1. The van der Waals surface area contributed by atoms with Crippen molar-refractivity contribution in [2.75, 3.05) is 19.6 Å². The Labute approximate surface area is 159 Å². The standard InChI is InChI=1S/C19H26N6O2/c1-14-9-21-16(10-20-14)11-25-13-19(4-3-18(25)26)5-7-24(8-6-19)12-17-22-15(2)23-27-17/h9-10H,3-8,11-13H2,1-2H3. The number of likely N-dealkylation sites (tertiary alicyclic amines) is 2. The molecule has 27 heavy (non-hydrogen) atoms. The average Bonchev–Trinajstić information content (AvgIpc) is 3.07. The molecule has 4 rings (SSSR count).